The van der Waals surface area contributed by atoms with Crippen LogP contribution in [0, 0.1) is 10.1 Å². The summed E-state index contributed by atoms with van der Waals surface area (Å²) < 4.78 is 37.0. The molecule has 0 unspecified atom stereocenters. The zero-order valence-electron chi connectivity index (χ0n) is 8.34. The highest BCUT2D eigenvalue weighted by molar-refractivity contribution is 9.10. The van der Waals surface area contributed by atoms with Crippen LogP contribution in [0.2, 0.25) is 0 Å². The van der Waals surface area contributed by atoms with Gasteiger partial charge in [-0.25, -0.2) is 0 Å². The van der Waals surface area contributed by atoms with Crippen molar-refractivity contribution in [3.05, 3.63) is 37.8 Å². The molecule has 0 aliphatic heterocycles. The number of halogens is 4. The number of alkyl halides is 3. The molecule has 0 fully saturated rings. The zero-order valence-corrected chi connectivity index (χ0v) is 9.92. The largest absolute Gasteiger partial charge is 0.416 e. The lowest BCUT2D eigenvalue weighted by molar-refractivity contribution is -0.385. The molecule has 8 heteroatoms. The van der Waals surface area contributed by atoms with Crippen LogP contribution in [0.3, 0.4) is 0 Å². The molecule has 0 saturated heterocycles. The molecule has 0 amide bonds. The minimum absolute atomic E-state index is 0.244. The molecular weight excluding hydrogens is 307 g/mol. The van der Waals surface area contributed by atoms with Crippen molar-refractivity contribution in [3.8, 4) is 0 Å². The molecule has 0 bridgehead atoms. The number of carbonyl (C=O) groups excluding carboxylic acids is 1. The summed E-state index contributed by atoms with van der Waals surface area (Å²) in [5.41, 5.74) is -2.41. The maximum Gasteiger partial charge on any atom is 0.416 e. The van der Waals surface area contributed by atoms with Gasteiger partial charge in [-0.05, 0) is 28.9 Å². The van der Waals surface area contributed by atoms with Crippen molar-refractivity contribution in [2.45, 2.75) is 13.1 Å². The minimum Gasteiger partial charge on any atom is -0.294 e. The van der Waals surface area contributed by atoms with Crippen LogP contribution in [-0.2, 0) is 6.18 Å². The van der Waals surface area contributed by atoms with Gasteiger partial charge in [0.2, 0.25) is 0 Å². The van der Waals surface area contributed by atoms with Crippen LogP contribution in [0.25, 0.3) is 0 Å². The Hall–Kier alpha value is -1.44. The Morgan fingerprint density at radius 2 is 1.94 bits per heavy atom. The van der Waals surface area contributed by atoms with Crippen LogP contribution < -0.4 is 0 Å². The van der Waals surface area contributed by atoms with E-state index in [0.29, 0.717) is 12.1 Å². The molecule has 1 aromatic rings. The van der Waals surface area contributed by atoms with Crippen LogP contribution in [-0.4, -0.2) is 10.7 Å². The SMILES string of the molecule is CC(=O)c1c(Br)cc(C(F)(F)F)cc1[N+](=O)[O-]. The highest BCUT2D eigenvalue weighted by atomic mass is 79.9. The predicted molar refractivity (Wildman–Crippen MR) is 55.8 cm³/mol. The van der Waals surface area contributed by atoms with Gasteiger partial charge >= 0.3 is 6.18 Å². The van der Waals surface area contributed by atoms with Crippen molar-refractivity contribution < 1.29 is 22.9 Å². The Labute approximate surface area is 102 Å². The van der Waals surface area contributed by atoms with E-state index in [1.807, 2.05) is 0 Å². The smallest absolute Gasteiger partial charge is 0.294 e. The Morgan fingerprint density at radius 3 is 2.29 bits per heavy atom. The van der Waals surface area contributed by atoms with Crippen molar-refractivity contribution in [1.29, 1.82) is 0 Å². The first-order chi connectivity index (χ1) is 7.64. The number of carbonyl (C=O) groups is 1. The summed E-state index contributed by atoms with van der Waals surface area (Å²) in [6, 6.07) is 0.991. The van der Waals surface area contributed by atoms with Crippen molar-refractivity contribution in [2.75, 3.05) is 0 Å². The fourth-order valence-corrected chi connectivity index (χ4v) is 1.98. The summed E-state index contributed by atoms with van der Waals surface area (Å²) in [5, 5.41) is 10.6. The highest BCUT2D eigenvalue weighted by Gasteiger charge is 2.35. The van der Waals surface area contributed by atoms with Gasteiger partial charge in [0.15, 0.2) is 5.78 Å². The molecule has 0 atom stereocenters. The molecule has 0 aliphatic rings. The zero-order chi connectivity index (χ0) is 13.4. The summed E-state index contributed by atoms with van der Waals surface area (Å²) in [5.74, 6) is -0.683. The molecule has 17 heavy (non-hydrogen) atoms. The lowest BCUT2D eigenvalue weighted by atomic mass is 10.1. The van der Waals surface area contributed by atoms with Crippen molar-refractivity contribution >= 4 is 27.4 Å². The molecule has 1 aromatic carbocycles. The summed E-state index contributed by atoms with van der Waals surface area (Å²) in [6.45, 7) is 1.04. The molecule has 0 saturated carbocycles. The van der Waals surface area contributed by atoms with E-state index in [1.165, 1.54) is 0 Å². The summed E-state index contributed by atoms with van der Waals surface area (Å²) >= 11 is 2.73. The number of hydrogen-bond acceptors (Lipinski definition) is 3. The van der Waals surface area contributed by atoms with E-state index < -0.39 is 28.1 Å². The standard InChI is InChI=1S/C9H5BrF3NO3/c1-4(15)8-6(10)2-5(9(11,12)13)3-7(8)14(16)17/h2-3H,1H3. The Bertz CT molecular complexity index is 499. The third kappa shape index (κ3) is 2.82. The van der Waals surface area contributed by atoms with E-state index in [1.54, 1.807) is 0 Å². The number of ketones is 1. The molecule has 0 heterocycles. The third-order valence-electron chi connectivity index (χ3n) is 1.95. The topological polar surface area (TPSA) is 60.2 Å². The van der Waals surface area contributed by atoms with Gasteiger partial charge < -0.3 is 0 Å². The van der Waals surface area contributed by atoms with Crippen LogP contribution in [0.5, 0.6) is 0 Å². The van der Waals surface area contributed by atoms with Crippen molar-refractivity contribution in [1.82, 2.24) is 0 Å². The summed E-state index contributed by atoms with van der Waals surface area (Å²) in [4.78, 5) is 20.7. The average Bonchev–Trinajstić information content (AvgIpc) is 2.13. The first-order valence-corrected chi connectivity index (χ1v) is 5.00. The maximum atomic E-state index is 12.4. The molecule has 0 spiro atoms. The van der Waals surface area contributed by atoms with Crippen LogP contribution >= 0.6 is 15.9 Å². The molecule has 0 aliphatic carbocycles. The maximum absolute atomic E-state index is 12.4. The average molecular weight is 312 g/mol. The van der Waals surface area contributed by atoms with Gasteiger partial charge in [-0.2, -0.15) is 13.2 Å². The Kier molecular flexibility index (Phi) is 3.56. The van der Waals surface area contributed by atoms with Crippen LogP contribution in [0.4, 0.5) is 18.9 Å². The van der Waals surface area contributed by atoms with E-state index in [0.717, 1.165) is 6.92 Å². The third-order valence-corrected chi connectivity index (χ3v) is 2.57. The van der Waals surface area contributed by atoms with Gasteiger partial charge in [0.25, 0.3) is 5.69 Å². The Morgan fingerprint density at radius 1 is 1.41 bits per heavy atom. The number of nitro groups is 1. The molecular formula is C9H5BrF3NO3. The van der Waals surface area contributed by atoms with Gasteiger partial charge in [-0.1, -0.05) is 0 Å². The normalized spacial score (nSPS) is 11.4. The highest BCUT2D eigenvalue weighted by Crippen LogP contribution is 2.37. The van der Waals surface area contributed by atoms with Gasteiger partial charge in [-0.15, -0.1) is 0 Å². The van der Waals surface area contributed by atoms with E-state index in [-0.39, 0.29) is 10.0 Å². The van der Waals surface area contributed by atoms with Gasteiger partial charge in [0, 0.05) is 10.5 Å². The number of nitrogens with zero attached hydrogens (tertiary/aromatic N) is 1. The number of nitro benzene ring substituents is 1. The second kappa shape index (κ2) is 4.44. The molecule has 0 aromatic heterocycles. The first-order valence-electron chi connectivity index (χ1n) is 4.20. The summed E-state index contributed by atoms with van der Waals surface area (Å²) in [6.07, 6.45) is -4.71. The number of hydrogen-bond donors (Lipinski definition) is 0. The lowest BCUT2D eigenvalue weighted by Gasteiger charge is -2.09. The van der Waals surface area contributed by atoms with E-state index in [2.05, 4.69) is 15.9 Å². The minimum atomic E-state index is -4.71. The van der Waals surface area contributed by atoms with Crippen LogP contribution in [0.15, 0.2) is 16.6 Å². The number of benzene rings is 1. The molecule has 1 rings (SSSR count). The second-order valence-electron chi connectivity index (χ2n) is 3.16. The molecule has 0 N–H and O–H groups in total. The Balaban J connectivity index is 3.58. The van der Waals surface area contributed by atoms with Gasteiger partial charge in [0.05, 0.1) is 10.5 Å². The van der Waals surface area contributed by atoms with Gasteiger partial charge in [0.1, 0.15) is 5.56 Å². The van der Waals surface area contributed by atoms with Crippen molar-refractivity contribution in [3.63, 3.8) is 0 Å². The summed E-state index contributed by atoms with van der Waals surface area (Å²) in [7, 11) is 0. The fraction of sp³-hybridized carbons (Fsp3) is 0.222. The predicted octanol–water partition coefficient (Wildman–Crippen LogP) is 3.58. The number of Topliss-reactive ketones (excluding diaryl/α,β-unsaturated/α-hetero) is 1. The fourth-order valence-electron chi connectivity index (χ4n) is 1.25. The van der Waals surface area contributed by atoms with Crippen molar-refractivity contribution in [2.24, 2.45) is 0 Å². The first kappa shape index (κ1) is 13.6. The monoisotopic (exact) mass is 311 g/mol. The molecule has 4 nitrogen and oxygen atoms in total. The molecule has 92 valence electrons. The number of rotatable bonds is 2. The quantitative estimate of drug-likeness (QED) is 0.476. The lowest BCUT2D eigenvalue weighted by Crippen LogP contribution is -2.09. The van der Waals surface area contributed by atoms with Gasteiger partial charge in [-0.3, -0.25) is 14.9 Å². The second-order valence-corrected chi connectivity index (χ2v) is 4.02. The molecule has 0 radical (unpaired) electrons. The van der Waals surface area contributed by atoms with E-state index in [9.17, 15) is 28.1 Å². The van der Waals surface area contributed by atoms with Crippen LogP contribution in [0.1, 0.15) is 22.8 Å². The van der Waals surface area contributed by atoms with E-state index >= 15 is 0 Å². The van der Waals surface area contributed by atoms with E-state index in [4.69, 9.17) is 0 Å².